The number of nitrogens with zero attached hydrogens (tertiary/aromatic N) is 5. The monoisotopic (exact) mass is 386 g/mol. The van der Waals surface area contributed by atoms with Crippen LogP contribution in [-0.4, -0.2) is 31.4 Å². The average Bonchev–Trinajstić information content (AvgIpc) is 3.22. The Kier molecular flexibility index (Phi) is 4.44. The molecule has 3 aromatic heterocycles. The number of imidazole rings is 1. The van der Waals surface area contributed by atoms with Gasteiger partial charge in [0.25, 0.3) is 0 Å². The van der Waals surface area contributed by atoms with Crippen LogP contribution in [0.15, 0.2) is 53.9 Å². The number of aromatic nitrogens is 5. The third kappa shape index (κ3) is 3.09. The molecule has 3 heterocycles. The van der Waals surface area contributed by atoms with Gasteiger partial charge in [0.15, 0.2) is 5.82 Å². The summed E-state index contributed by atoms with van der Waals surface area (Å²) in [7, 11) is 1.61. The van der Waals surface area contributed by atoms with Gasteiger partial charge in [-0.15, -0.1) is 10.2 Å². The minimum Gasteiger partial charge on any atom is -0.496 e. The summed E-state index contributed by atoms with van der Waals surface area (Å²) in [5, 5.41) is 9.66. The third-order valence-corrected chi connectivity index (χ3v) is 5.03. The molecule has 0 atom stereocenters. The van der Waals surface area contributed by atoms with Gasteiger partial charge in [-0.25, -0.2) is 9.66 Å². The summed E-state index contributed by atoms with van der Waals surface area (Å²) in [5.74, 6) is 8.04. The standard InChI is InChI=1S/C17H15ClN6OS/c1-25-14-5-3-2-4-13(14)16-21-22-17(24(16)19)26-10-12-9-23-8-11(18)6-7-15(23)20-12/h2-9H,10,19H2,1H3. The van der Waals surface area contributed by atoms with Crippen LogP contribution in [0.2, 0.25) is 5.02 Å². The molecule has 132 valence electrons. The number of halogens is 1. The topological polar surface area (TPSA) is 83.3 Å². The van der Waals surface area contributed by atoms with Crippen LogP contribution in [0.1, 0.15) is 5.69 Å². The van der Waals surface area contributed by atoms with Gasteiger partial charge >= 0.3 is 0 Å². The number of thioether (sulfide) groups is 1. The number of fused-ring (bicyclic) bond motifs is 1. The molecule has 9 heteroatoms. The van der Waals surface area contributed by atoms with Crippen molar-refractivity contribution in [3.63, 3.8) is 0 Å². The summed E-state index contributed by atoms with van der Waals surface area (Å²) in [6.45, 7) is 0. The van der Waals surface area contributed by atoms with Crippen molar-refractivity contribution in [2.24, 2.45) is 0 Å². The molecule has 26 heavy (non-hydrogen) atoms. The second-order valence-electron chi connectivity index (χ2n) is 5.51. The normalized spacial score (nSPS) is 11.2. The highest BCUT2D eigenvalue weighted by atomic mass is 35.5. The first-order chi connectivity index (χ1) is 12.7. The number of pyridine rings is 1. The average molecular weight is 387 g/mol. The molecule has 4 rings (SSSR count). The molecule has 0 aliphatic heterocycles. The maximum atomic E-state index is 6.19. The van der Waals surface area contributed by atoms with E-state index < -0.39 is 0 Å². The fourth-order valence-electron chi connectivity index (χ4n) is 2.61. The van der Waals surface area contributed by atoms with Gasteiger partial charge in [0.2, 0.25) is 5.16 Å². The highest BCUT2D eigenvalue weighted by molar-refractivity contribution is 7.98. The van der Waals surface area contributed by atoms with Crippen LogP contribution >= 0.6 is 23.4 Å². The second kappa shape index (κ2) is 6.89. The van der Waals surface area contributed by atoms with E-state index >= 15 is 0 Å². The molecule has 0 saturated heterocycles. The van der Waals surface area contributed by atoms with Crippen molar-refractivity contribution >= 4 is 29.0 Å². The number of benzene rings is 1. The molecular weight excluding hydrogens is 372 g/mol. The lowest BCUT2D eigenvalue weighted by molar-refractivity contribution is 0.416. The van der Waals surface area contributed by atoms with Crippen LogP contribution in [0.5, 0.6) is 5.75 Å². The van der Waals surface area contributed by atoms with Crippen molar-refractivity contribution in [1.29, 1.82) is 0 Å². The van der Waals surface area contributed by atoms with Crippen molar-refractivity contribution in [2.45, 2.75) is 10.9 Å². The second-order valence-corrected chi connectivity index (χ2v) is 6.89. The maximum absolute atomic E-state index is 6.19. The number of methoxy groups -OCH3 is 1. The zero-order valence-electron chi connectivity index (χ0n) is 13.8. The first-order valence-electron chi connectivity index (χ1n) is 7.75. The Balaban J connectivity index is 1.56. The fraction of sp³-hybridized carbons (Fsp3) is 0.118. The fourth-order valence-corrected chi connectivity index (χ4v) is 3.52. The van der Waals surface area contributed by atoms with Gasteiger partial charge in [0.1, 0.15) is 11.4 Å². The van der Waals surface area contributed by atoms with E-state index in [2.05, 4.69) is 15.2 Å². The van der Waals surface area contributed by atoms with Gasteiger partial charge in [-0.05, 0) is 24.3 Å². The van der Waals surface area contributed by atoms with E-state index in [1.807, 2.05) is 53.2 Å². The predicted octanol–water partition coefficient (Wildman–Crippen LogP) is 3.26. The molecule has 0 amide bonds. The van der Waals surface area contributed by atoms with E-state index in [0.29, 0.717) is 27.5 Å². The summed E-state index contributed by atoms with van der Waals surface area (Å²) in [6, 6.07) is 11.2. The zero-order valence-corrected chi connectivity index (χ0v) is 15.4. The van der Waals surface area contributed by atoms with Gasteiger partial charge in [0, 0.05) is 18.1 Å². The van der Waals surface area contributed by atoms with Gasteiger partial charge < -0.3 is 15.0 Å². The minimum atomic E-state index is 0.548. The molecule has 0 bridgehead atoms. The van der Waals surface area contributed by atoms with Crippen molar-refractivity contribution in [3.8, 4) is 17.1 Å². The van der Waals surface area contributed by atoms with Crippen LogP contribution in [0, 0.1) is 0 Å². The largest absolute Gasteiger partial charge is 0.496 e. The Hall–Kier alpha value is -2.71. The molecule has 0 spiro atoms. The Bertz CT molecular complexity index is 1080. The van der Waals surface area contributed by atoms with E-state index in [1.54, 1.807) is 7.11 Å². The molecule has 0 radical (unpaired) electrons. The molecule has 0 fully saturated rings. The SMILES string of the molecule is COc1ccccc1-c1nnc(SCc2cn3cc(Cl)ccc3n2)n1N. The van der Waals surface area contributed by atoms with Crippen LogP contribution in [0.4, 0.5) is 0 Å². The number of nitrogens with two attached hydrogens (primary N) is 1. The molecule has 0 aliphatic carbocycles. The Morgan fingerprint density at radius 3 is 2.85 bits per heavy atom. The number of para-hydroxylation sites is 1. The summed E-state index contributed by atoms with van der Waals surface area (Å²) in [5.41, 5.74) is 2.53. The first-order valence-corrected chi connectivity index (χ1v) is 9.12. The molecule has 0 unspecified atom stereocenters. The van der Waals surface area contributed by atoms with E-state index in [0.717, 1.165) is 16.9 Å². The predicted molar refractivity (Wildman–Crippen MR) is 102 cm³/mol. The van der Waals surface area contributed by atoms with E-state index in [9.17, 15) is 0 Å². The van der Waals surface area contributed by atoms with Crippen LogP contribution < -0.4 is 10.6 Å². The highest BCUT2D eigenvalue weighted by Crippen LogP contribution is 2.30. The lowest BCUT2D eigenvalue weighted by Gasteiger charge is -2.07. The summed E-state index contributed by atoms with van der Waals surface area (Å²) < 4.78 is 8.73. The van der Waals surface area contributed by atoms with Crippen molar-refractivity contribution in [1.82, 2.24) is 24.3 Å². The Morgan fingerprint density at radius 1 is 1.15 bits per heavy atom. The lowest BCUT2D eigenvalue weighted by Crippen LogP contribution is -2.12. The molecule has 0 saturated carbocycles. The molecule has 4 aromatic rings. The number of rotatable bonds is 5. The molecular formula is C17H15ClN6OS. The van der Waals surface area contributed by atoms with Crippen LogP contribution in [0.3, 0.4) is 0 Å². The molecule has 0 aliphatic rings. The molecule has 2 N–H and O–H groups in total. The van der Waals surface area contributed by atoms with Crippen molar-refractivity contribution < 1.29 is 4.74 Å². The number of nitrogen functional groups attached to an aromatic ring is 1. The van der Waals surface area contributed by atoms with Gasteiger partial charge in [-0.2, -0.15) is 0 Å². The molecule has 7 nitrogen and oxygen atoms in total. The van der Waals surface area contributed by atoms with Crippen molar-refractivity contribution in [3.05, 3.63) is 59.5 Å². The maximum Gasteiger partial charge on any atom is 0.210 e. The van der Waals surface area contributed by atoms with Gasteiger partial charge in [-0.1, -0.05) is 35.5 Å². The minimum absolute atomic E-state index is 0.548. The Labute approximate surface area is 158 Å². The van der Waals surface area contributed by atoms with Crippen molar-refractivity contribution in [2.75, 3.05) is 13.0 Å². The summed E-state index contributed by atoms with van der Waals surface area (Å²) in [4.78, 5) is 4.56. The zero-order chi connectivity index (χ0) is 18.1. The quantitative estimate of drug-likeness (QED) is 0.418. The number of hydrogen-bond acceptors (Lipinski definition) is 6. The van der Waals surface area contributed by atoms with Crippen LogP contribution in [0.25, 0.3) is 17.0 Å². The van der Waals surface area contributed by atoms with E-state index in [-0.39, 0.29) is 0 Å². The number of ether oxygens (including phenoxy) is 1. The van der Waals surface area contributed by atoms with Gasteiger partial charge in [-0.3, -0.25) is 0 Å². The molecule has 1 aromatic carbocycles. The summed E-state index contributed by atoms with van der Waals surface area (Å²) in [6.07, 6.45) is 3.76. The Morgan fingerprint density at radius 2 is 2.00 bits per heavy atom. The lowest BCUT2D eigenvalue weighted by atomic mass is 10.2. The smallest absolute Gasteiger partial charge is 0.210 e. The summed E-state index contributed by atoms with van der Waals surface area (Å²) >= 11 is 7.47. The third-order valence-electron chi connectivity index (χ3n) is 3.83. The van der Waals surface area contributed by atoms with E-state index in [1.165, 1.54) is 16.4 Å². The van der Waals surface area contributed by atoms with Gasteiger partial charge in [0.05, 0.1) is 23.4 Å². The van der Waals surface area contributed by atoms with E-state index in [4.69, 9.17) is 22.2 Å². The van der Waals surface area contributed by atoms with Crippen LogP contribution in [-0.2, 0) is 5.75 Å². The first kappa shape index (κ1) is 16.7. The highest BCUT2D eigenvalue weighted by Gasteiger charge is 2.16. The number of hydrogen-bond donors (Lipinski definition) is 1.